The van der Waals surface area contributed by atoms with Crippen LogP contribution in [0.3, 0.4) is 0 Å². The summed E-state index contributed by atoms with van der Waals surface area (Å²) in [5.41, 5.74) is 0.502. The van der Waals surface area contributed by atoms with Gasteiger partial charge in [0.25, 0.3) is 5.91 Å². The smallest absolute Gasteiger partial charge is 0.269 e. The molecule has 0 aromatic carbocycles. The Balaban J connectivity index is 2.46. The molecule has 1 unspecified atom stereocenters. The van der Waals surface area contributed by atoms with Crippen LogP contribution < -0.4 is 5.32 Å². The van der Waals surface area contributed by atoms with Crippen molar-refractivity contribution in [3.63, 3.8) is 0 Å². The molecule has 0 saturated carbocycles. The predicted molar refractivity (Wildman–Crippen MR) is 65.6 cm³/mol. The fourth-order valence-electron chi connectivity index (χ4n) is 1.88. The third kappa shape index (κ3) is 3.56. The monoisotopic (exact) mass is 239 g/mol. The number of aryl methyl sites for hydroxylation is 1. The van der Waals surface area contributed by atoms with Crippen molar-refractivity contribution in [2.45, 2.75) is 32.8 Å². The molecule has 1 rings (SSSR count). The average molecular weight is 239 g/mol. The van der Waals surface area contributed by atoms with Gasteiger partial charge >= 0.3 is 0 Å². The van der Waals surface area contributed by atoms with Crippen molar-refractivity contribution < 1.29 is 9.90 Å². The molecule has 2 N–H and O–H groups in total. The molecule has 1 atom stereocenters. The van der Waals surface area contributed by atoms with E-state index in [9.17, 15) is 9.90 Å². The molecule has 0 radical (unpaired) electrons. The zero-order valence-electron chi connectivity index (χ0n) is 10.7. The lowest BCUT2D eigenvalue weighted by molar-refractivity contribution is 0.0809. The van der Waals surface area contributed by atoms with Crippen LogP contribution in [-0.2, 0) is 7.05 Å². The second kappa shape index (κ2) is 6.39. The van der Waals surface area contributed by atoms with Crippen LogP contribution >= 0.6 is 0 Å². The Hall–Kier alpha value is -1.36. The van der Waals surface area contributed by atoms with Crippen LogP contribution in [0.4, 0.5) is 0 Å². The number of rotatable bonds is 6. The molecular weight excluding hydrogens is 218 g/mol. The standard InChI is InChI=1S/C12H21N3O2/c1-4-9(5-2)11(16)8-13-12(17)10-6-7-14-15(10)3/h6-7,9,11,16H,4-5,8H2,1-3H3,(H,13,17). The van der Waals surface area contributed by atoms with E-state index < -0.39 is 6.10 Å². The molecule has 5 nitrogen and oxygen atoms in total. The lowest BCUT2D eigenvalue weighted by atomic mass is 9.96. The Morgan fingerprint density at radius 2 is 2.18 bits per heavy atom. The van der Waals surface area contributed by atoms with Gasteiger partial charge in [-0.1, -0.05) is 26.7 Å². The van der Waals surface area contributed by atoms with Crippen LogP contribution in [0.5, 0.6) is 0 Å². The van der Waals surface area contributed by atoms with E-state index in [1.807, 2.05) is 13.8 Å². The van der Waals surface area contributed by atoms with Gasteiger partial charge in [-0.2, -0.15) is 5.10 Å². The third-order valence-electron chi connectivity index (χ3n) is 3.12. The number of aliphatic hydroxyl groups excluding tert-OH is 1. The molecule has 0 bridgehead atoms. The molecule has 0 fully saturated rings. The number of nitrogens with zero attached hydrogens (tertiary/aromatic N) is 2. The van der Waals surface area contributed by atoms with Crippen LogP contribution in [-0.4, -0.2) is 33.4 Å². The normalized spacial score (nSPS) is 12.8. The lowest BCUT2D eigenvalue weighted by Gasteiger charge is -2.20. The van der Waals surface area contributed by atoms with Gasteiger partial charge in [0, 0.05) is 19.8 Å². The molecule has 1 aromatic heterocycles. The number of aromatic nitrogens is 2. The highest BCUT2D eigenvalue weighted by Crippen LogP contribution is 2.12. The molecular formula is C12H21N3O2. The van der Waals surface area contributed by atoms with E-state index in [0.717, 1.165) is 12.8 Å². The van der Waals surface area contributed by atoms with E-state index in [-0.39, 0.29) is 18.4 Å². The first kappa shape index (κ1) is 13.7. The van der Waals surface area contributed by atoms with Crippen LogP contribution in [0.1, 0.15) is 37.2 Å². The van der Waals surface area contributed by atoms with E-state index in [4.69, 9.17) is 0 Å². The third-order valence-corrected chi connectivity index (χ3v) is 3.12. The van der Waals surface area contributed by atoms with Gasteiger partial charge in [0.2, 0.25) is 0 Å². The summed E-state index contributed by atoms with van der Waals surface area (Å²) in [5.74, 6) is 0.0387. The largest absolute Gasteiger partial charge is 0.391 e. The quantitative estimate of drug-likeness (QED) is 0.776. The van der Waals surface area contributed by atoms with E-state index in [0.29, 0.717) is 5.69 Å². The van der Waals surface area contributed by atoms with Gasteiger partial charge in [0.15, 0.2) is 0 Å². The summed E-state index contributed by atoms with van der Waals surface area (Å²) in [6.45, 7) is 4.37. The van der Waals surface area contributed by atoms with Gasteiger partial charge in [-0.15, -0.1) is 0 Å². The first-order valence-corrected chi connectivity index (χ1v) is 6.04. The number of amides is 1. The fourth-order valence-corrected chi connectivity index (χ4v) is 1.88. The second-order valence-electron chi connectivity index (χ2n) is 4.19. The van der Waals surface area contributed by atoms with Crippen LogP contribution in [0.15, 0.2) is 12.3 Å². The molecule has 0 saturated heterocycles. The first-order valence-electron chi connectivity index (χ1n) is 6.04. The van der Waals surface area contributed by atoms with Crippen molar-refractivity contribution in [3.8, 4) is 0 Å². The van der Waals surface area contributed by atoms with E-state index in [1.165, 1.54) is 4.68 Å². The molecule has 0 aliphatic carbocycles. The summed E-state index contributed by atoms with van der Waals surface area (Å²) >= 11 is 0. The maximum absolute atomic E-state index is 11.7. The van der Waals surface area contributed by atoms with Gasteiger partial charge in [-0.3, -0.25) is 9.48 Å². The molecule has 96 valence electrons. The van der Waals surface area contributed by atoms with Crippen LogP contribution in [0, 0.1) is 5.92 Å². The molecule has 0 aliphatic heterocycles. The molecule has 1 amide bonds. The van der Waals surface area contributed by atoms with Crippen molar-refractivity contribution in [1.82, 2.24) is 15.1 Å². The van der Waals surface area contributed by atoms with Crippen molar-refractivity contribution >= 4 is 5.91 Å². The summed E-state index contributed by atoms with van der Waals surface area (Å²) < 4.78 is 1.51. The minimum atomic E-state index is -0.484. The summed E-state index contributed by atoms with van der Waals surface area (Å²) in [6.07, 6.45) is 2.92. The zero-order valence-corrected chi connectivity index (χ0v) is 10.7. The first-order chi connectivity index (χ1) is 8.10. The highest BCUT2D eigenvalue weighted by atomic mass is 16.3. The molecule has 0 aliphatic rings. The van der Waals surface area contributed by atoms with Crippen molar-refractivity contribution in [2.24, 2.45) is 13.0 Å². The highest BCUT2D eigenvalue weighted by Gasteiger charge is 2.17. The van der Waals surface area contributed by atoms with E-state index in [1.54, 1.807) is 19.3 Å². The minimum Gasteiger partial charge on any atom is -0.391 e. The molecule has 0 spiro atoms. The van der Waals surface area contributed by atoms with Gasteiger partial charge < -0.3 is 10.4 Å². The van der Waals surface area contributed by atoms with Gasteiger partial charge in [0.05, 0.1) is 6.10 Å². The maximum Gasteiger partial charge on any atom is 0.269 e. The zero-order chi connectivity index (χ0) is 12.8. The van der Waals surface area contributed by atoms with E-state index >= 15 is 0 Å². The minimum absolute atomic E-state index is 0.199. The fraction of sp³-hybridized carbons (Fsp3) is 0.667. The van der Waals surface area contributed by atoms with Crippen LogP contribution in [0.25, 0.3) is 0 Å². The molecule has 1 heterocycles. The van der Waals surface area contributed by atoms with Gasteiger partial charge in [0.1, 0.15) is 5.69 Å². The summed E-state index contributed by atoms with van der Waals surface area (Å²) in [5, 5.41) is 16.5. The number of nitrogens with one attached hydrogen (secondary N) is 1. The Bertz CT molecular complexity index is 358. The number of carbonyl (C=O) groups excluding carboxylic acids is 1. The van der Waals surface area contributed by atoms with Crippen molar-refractivity contribution in [3.05, 3.63) is 18.0 Å². The Labute approximate surface area is 102 Å². The summed E-state index contributed by atoms with van der Waals surface area (Å²) in [4.78, 5) is 11.7. The topological polar surface area (TPSA) is 67.2 Å². The molecule has 1 aromatic rings. The van der Waals surface area contributed by atoms with Crippen molar-refractivity contribution in [1.29, 1.82) is 0 Å². The second-order valence-corrected chi connectivity index (χ2v) is 4.19. The van der Waals surface area contributed by atoms with Gasteiger partial charge in [-0.05, 0) is 12.0 Å². The number of hydrogen-bond donors (Lipinski definition) is 2. The number of aliphatic hydroxyl groups is 1. The molecule has 17 heavy (non-hydrogen) atoms. The Morgan fingerprint density at radius 1 is 1.53 bits per heavy atom. The number of carbonyl (C=O) groups is 1. The van der Waals surface area contributed by atoms with E-state index in [2.05, 4.69) is 10.4 Å². The summed E-state index contributed by atoms with van der Waals surface area (Å²) in [7, 11) is 1.71. The number of hydrogen-bond acceptors (Lipinski definition) is 3. The Morgan fingerprint density at radius 3 is 2.65 bits per heavy atom. The van der Waals surface area contributed by atoms with Crippen molar-refractivity contribution in [2.75, 3.05) is 6.54 Å². The lowest BCUT2D eigenvalue weighted by Crippen LogP contribution is -2.36. The SMILES string of the molecule is CCC(CC)C(O)CNC(=O)c1ccnn1C. The maximum atomic E-state index is 11.7. The predicted octanol–water partition coefficient (Wildman–Crippen LogP) is 0.947. The molecule has 5 heteroatoms. The highest BCUT2D eigenvalue weighted by molar-refractivity contribution is 5.92. The van der Waals surface area contributed by atoms with Crippen LogP contribution in [0.2, 0.25) is 0 Å². The average Bonchev–Trinajstić information content (AvgIpc) is 2.74. The Kier molecular flexibility index (Phi) is 5.15. The van der Waals surface area contributed by atoms with Gasteiger partial charge in [-0.25, -0.2) is 0 Å². The summed E-state index contributed by atoms with van der Waals surface area (Å²) in [6, 6.07) is 1.65.